The van der Waals surface area contributed by atoms with Crippen molar-refractivity contribution in [2.45, 2.75) is 25.7 Å². The van der Waals surface area contributed by atoms with Crippen LogP contribution < -0.4 is 5.73 Å². The number of nitrogens with two attached hydrogens (primary N) is 1. The summed E-state index contributed by atoms with van der Waals surface area (Å²) in [6.45, 7) is 2.39. The SMILES string of the molecule is CCn1nccc1C(N)c1ccc(F)c(C(F)(F)F)c1. The third-order valence-corrected chi connectivity index (χ3v) is 3.02. The fourth-order valence-electron chi connectivity index (χ4n) is 2.00. The van der Waals surface area contributed by atoms with Gasteiger partial charge >= 0.3 is 6.18 Å². The van der Waals surface area contributed by atoms with Gasteiger partial charge in [0.25, 0.3) is 0 Å². The van der Waals surface area contributed by atoms with E-state index in [1.54, 1.807) is 10.7 Å². The summed E-state index contributed by atoms with van der Waals surface area (Å²) in [5.41, 5.74) is 5.40. The number of benzene rings is 1. The average Bonchev–Trinajstić information content (AvgIpc) is 2.85. The maximum Gasteiger partial charge on any atom is 0.419 e. The average molecular weight is 287 g/mol. The number of aromatic nitrogens is 2. The summed E-state index contributed by atoms with van der Waals surface area (Å²) in [4.78, 5) is 0. The van der Waals surface area contributed by atoms with Crippen molar-refractivity contribution in [3.63, 3.8) is 0 Å². The molecule has 0 radical (unpaired) electrons. The van der Waals surface area contributed by atoms with Gasteiger partial charge in [0.15, 0.2) is 0 Å². The number of hydrogen-bond donors (Lipinski definition) is 1. The van der Waals surface area contributed by atoms with E-state index in [1.807, 2.05) is 6.92 Å². The first-order valence-electron chi connectivity index (χ1n) is 5.98. The molecule has 1 heterocycles. The van der Waals surface area contributed by atoms with Crippen molar-refractivity contribution < 1.29 is 17.6 Å². The molecule has 7 heteroatoms. The van der Waals surface area contributed by atoms with Gasteiger partial charge in [0.05, 0.1) is 17.3 Å². The van der Waals surface area contributed by atoms with E-state index in [-0.39, 0.29) is 5.56 Å². The summed E-state index contributed by atoms with van der Waals surface area (Å²) in [5, 5.41) is 4.01. The molecule has 0 saturated carbocycles. The van der Waals surface area contributed by atoms with Gasteiger partial charge in [-0.05, 0) is 30.7 Å². The fraction of sp³-hybridized carbons (Fsp3) is 0.308. The molecule has 0 fully saturated rings. The zero-order valence-electron chi connectivity index (χ0n) is 10.7. The van der Waals surface area contributed by atoms with Crippen molar-refractivity contribution in [3.05, 3.63) is 53.1 Å². The molecule has 1 atom stereocenters. The number of alkyl halides is 3. The molecule has 2 N–H and O–H groups in total. The van der Waals surface area contributed by atoms with E-state index in [4.69, 9.17) is 5.73 Å². The Balaban J connectivity index is 2.43. The summed E-state index contributed by atoms with van der Waals surface area (Å²) < 4.78 is 52.9. The second-order valence-electron chi connectivity index (χ2n) is 4.29. The van der Waals surface area contributed by atoms with Crippen LogP contribution in [0.25, 0.3) is 0 Å². The predicted molar refractivity (Wildman–Crippen MR) is 65.3 cm³/mol. The van der Waals surface area contributed by atoms with Crippen LogP contribution in [-0.4, -0.2) is 9.78 Å². The number of hydrogen-bond acceptors (Lipinski definition) is 2. The van der Waals surface area contributed by atoms with Crippen LogP contribution >= 0.6 is 0 Å². The first-order chi connectivity index (χ1) is 9.34. The number of aryl methyl sites for hydroxylation is 1. The molecule has 2 aromatic rings. The molecular weight excluding hydrogens is 274 g/mol. The van der Waals surface area contributed by atoms with Crippen LogP contribution in [0.5, 0.6) is 0 Å². The van der Waals surface area contributed by atoms with E-state index in [2.05, 4.69) is 5.10 Å². The van der Waals surface area contributed by atoms with E-state index < -0.39 is 23.6 Å². The highest BCUT2D eigenvalue weighted by atomic mass is 19.4. The molecule has 2 rings (SSSR count). The van der Waals surface area contributed by atoms with Gasteiger partial charge in [0.1, 0.15) is 5.82 Å². The molecule has 0 amide bonds. The van der Waals surface area contributed by atoms with Crippen LogP contribution in [0, 0.1) is 5.82 Å². The van der Waals surface area contributed by atoms with Gasteiger partial charge in [-0.1, -0.05) is 6.07 Å². The number of rotatable bonds is 3. The topological polar surface area (TPSA) is 43.8 Å². The number of halogens is 4. The molecular formula is C13H13F4N3. The van der Waals surface area contributed by atoms with Gasteiger partial charge in [-0.3, -0.25) is 4.68 Å². The van der Waals surface area contributed by atoms with Gasteiger partial charge in [0, 0.05) is 12.7 Å². The molecule has 0 spiro atoms. The third-order valence-electron chi connectivity index (χ3n) is 3.02. The second kappa shape index (κ2) is 5.24. The van der Waals surface area contributed by atoms with Gasteiger partial charge in [-0.2, -0.15) is 18.3 Å². The van der Waals surface area contributed by atoms with E-state index >= 15 is 0 Å². The van der Waals surface area contributed by atoms with Crippen molar-refractivity contribution in [2.24, 2.45) is 5.73 Å². The van der Waals surface area contributed by atoms with Crippen molar-refractivity contribution in [1.29, 1.82) is 0 Å². The quantitative estimate of drug-likeness (QED) is 0.881. The minimum Gasteiger partial charge on any atom is -0.319 e. The maximum atomic E-state index is 13.2. The Kier molecular flexibility index (Phi) is 3.80. The summed E-state index contributed by atoms with van der Waals surface area (Å²) in [6, 6.07) is 3.61. The van der Waals surface area contributed by atoms with Gasteiger partial charge in [-0.15, -0.1) is 0 Å². The standard InChI is InChI=1S/C13H13F4N3/c1-2-20-11(5-6-19-20)12(18)8-3-4-10(14)9(7-8)13(15,16)17/h3-7,12H,2,18H2,1H3. The van der Waals surface area contributed by atoms with E-state index in [1.165, 1.54) is 12.3 Å². The van der Waals surface area contributed by atoms with Crippen molar-refractivity contribution in [3.8, 4) is 0 Å². The van der Waals surface area contributed by atoms with Crippen LogP contribution in [0.2, 0.25) is 0 Å². The largest absolute Gasteiger partial charge is 0.419 e. The van der Waals surface area contributed by atoms with E-state index in [0.29, 0.717) is 12.2 Å². The van der Waals surface area contributed by atoms with Crippen LogP contribution in [0.1, 0.15) is 29.8 Å². The first kappa shape index (κ1) is 14.5. The van der Waals surface area contributed by atoms with Crippen LogP contribution in [0.15, 0.2) is 30.5 Å². The lowest BCUT2D eigenvalue weighted by Gasteiger charge is -2.16. The van der Waals surface area contributed by atoms with Crippen molar-refractivity contribution >= 4 is 0 Å². The highest BCUT2D eigenvalue weighted by Gasteiger charge is 2.34. The Morgan fingerprint density at radius 3 is 2.60 bits per heavy atom. The zero-order valence-corrected chi connectivity index (χ0v) is 10.7. The van der Waals surface area contributed by atoms with Gasteiger partial charge in [0.2, 0.25) is 0 Å². The predicted octanol–water partition coefficient (Wildman–Crippen LogP) is 3.11. The zero-order chi connectivity index (χ0) is 14.9. The molecule has 108 valence electrons. The summed E-state index contributed by atoms with van der Waals surface area (Å²) in [6.07, 6.45) is -3.22. The Labute approximate surface area is 113 Å². The highest BCUT2D eigenvalue weighted by Crippen LogP contribution is 2.33. The Morgan fingerprint density at radius 1 is 1.30 bits per heavy atom. The smallest absolute Gasteiger partial charge is 0.319 e. The third kappa shape index (κ3) is 2.67. The van der Waals surface area contributed by atoms with E-state index in [0.717, 1.165) is 12.1 Å². The highest BCUT2D eigenvalue weighted by molar-refractivity contribution is 5.33. The van der Waals surface area contributed by atoms with Crippen LogP contribution in [0.4, 0.5) is 17.6 Å². The fourth-order valence-corrected chi connectivity index (χ4v) is 2.00. The molecule has 0 aliphatic heterocycles. The minimum atomic E-state index is -4.75. The molecule has 0 aliphatic rings. The van der Waals surface area contributed by atoms with E-state index in [9.17, 15) is 17.6 Å². The van der Waals surface area contributed by atoms with Gasteiger partial charge in [-0.25, -0.2) is 4.39 Å². The molecule has 1 aromatic heterocycles. The van der Waals surface area contributed by atoms with Crippen LogP contribution in [0.3, 0.4) is 0 Å². The molecule has 1 aromatic carbocycles. The Hall–Kier alpha value is -1.89. The second-order valence-corrected chi connectivity index (χ2v) is 4.29. The van der Waals surface area contributed by atoms with Crippen molar-refractivity contribution in [2.75, 3.05) is 0 Å². The lowest BCUT2D eigenvalue weighted by atomic mass is 10.0. The number of nitrogens with zero attached hydrogens (tertiary/aromatic N) is 2. The maximum absolute atomic E-state index is 13.2. The molecule has 3 nitrogen and oxygen atoms in total. The Bertz CT molecular complexity index is 604. The first-order valence-corrected chi connectivity index (χ1v) is 5.98. The molecule has 1 unspecified atom stereocenters. The Morgan fingerprint density at radius 2 is 2.00 bits per heavy atom. The summed E-state index contributed by atoms with van der Waals surface area (Å²) in [5.74, 6) is -1.31. The summed E-state index contributed by atoms with van der Waals surface area (Å²) >= 11 is 0. The minimum absolute atomic E-state index is 0.189. The normalized spacial score (nSPS) is 13.5. The van der Waals surface area contributed by atoms with Crippen LogP contribution in [-0.2, 0) is 12.7 Å². The molecule has 0 saturated heterocycles. The molecule has 0 aliphatic carbocycles. The lowest BCUT2D eigenvalue weighted by molar-refractivity contribution is -0.140. The van der Waals surface area contributed by atoms with Gasteiger partial charge < -0.3 is 5.73 Å². The molecule has 20 heavy (non-hydrogen) atoms. The summed E-state index contributed by atoms with van der Waals surface area (Å²) in [7, 11) is 0. The lowest BCUT2D eigenvalue weighted by Crippen LogP contribution is -2.18. The monoisotopic (exact) mass is 287 g/mol. The molecule has 0 bridgehead atoms. The van der Waals surface area contributed by atoms with Crippen molar-refractivity contribution in [1.82, 2.24) is 9.78 Å².